The number of rotatable bonds is 2. The number of nitrogens with one attached hydrogen (secondary N) is 1. The Hall–Kier alpha value is -2.29. The van der Waals surface area contributed by atoms with Crippen molar-refractivity contribution in [3.63, 3.8) is 0 Å². The van der Waals surface area contributed by atoms with Crippen molar-refractivity contribution in [1.29, 1.82) is 0 Å². The van der Waals surface area contributed by atoms with Crippen LogP contribution in [0.15, 0.2) is 48.5 Å². The fourth-order valence-corrected chi connectivity index (χ4v) is 6.89. The number of anilines is 1. The van der Waals surface area contributed by atoms with E-state index in [9.17, 15) is 4.79 Å². The summed E-state index contributed by atoms with van der Waals surface area (Å²) in [5, 5.41) is 3.89. The molecule has 29 heavy (non-hydrogen) atoms. The van der Waals surface area contributed by atoms with Gasteiger partial charge >= 0.3 is 0 Å². The molecule has 150 valence electrons. The number of benzene rings is 2. The van der Waals surface area contributed by atoms with Crippen molar-refractivity contribution in [2.75, 3.05) is 18.4 Å². The van der Waals surface area contributed by atoms with Crippen molar-refractivity contribution in [3.8, 4) is 0 Å². The SMILES string of the molecule is O=C(c1ccc2c(c1)[C@@H]1[C@H]3CC[C@@H](C3)[C@@H]1[C@@H](c1ccccc1)N2)N1CCCCC1. The van der Waals surface area contributed by atoms with Crippen LogP contribution in [0, 0.1) is 17.8 Å². The molecular formula is C26H30N2O. The van der Waals surface area contributed by atoms with E-state index in [-0.39, 0.29) is 5.91 Å². The minimum Gasteiger partial charge on any atom is -0.378 e. The van der Waals surface area contributed by atoms with Crippen molar-refractivity contribution >= 4 is 11.6 Å². The second kappa shape index (κ2) is 6.90. The molecule has 2 bridgehead atoms. The van der Waals surface area contributed by atoms with E-state index in [4.69, 9.17) is 0 Å². The average Bonchev–Trinajstić information content (AvgIpc) is 3.42. The minimum absolute atomic E-state index is 0.234. The summed E-state index contributed by atoms with van der Waals surface area (Å²) < 4.78 is 0. The largest absolute Gasteiger partial charge is 0.378 e. The Morgan fingerprint density at radius 2 is 1.72 bits per heavy atom. The zero-order valence-electron chi connectivity index (χ0n) is 17.0. The van der Waals surface area contributed by atoms with Crippen LogP contribution < -0.4 is 5.32 Å². The van der Waals surface area contributed by atoms with Gasteiger partial charge in [-0.2, -0.15) is 0 Å². The van der Waals surface area contributed by atoms with Gasteiger partial charge in [-0.05, 0) is 91.5 Å². The number of piperidine rings is 1. The Bertz CT molecular complexity index is 918. The molecule has 3 heteroatoms. The predicted octanol–water partition coefficient (Wildman–Crippen LogP) is 5.61. The average molecular weight is 387 g/mol. The van der Waals surface area contributed by atoms with Gasteiger partial charge < -0.3 is 10.2 Å². The Morgan fingerprint density at radius 1 is 0.931 bits per heavy atom. The van der Waals surface area contributed by atoms with Gasteiger partial charge in [0.15, 0.2) is 0 Å². The molecule has 0 radical (unpaired) electrons. The third-order valence-corrected chi connectivity index (χ3v) is 8.14. The first-order valence-corrected chi connectivity index (χ1v) is 11.5. The normalized spacial score (nSPS) is 32.4. The molecule has 4 aliphatic rings. The number of carbonyl (C=O) groups is 1. The van der Waals surface area contributed by atoms with Crippen molar-refractivity contribution in [1.82, 2.24) is 4.90 Å². The van der Waals surface area contributed by atoms with Crippen molar-refractivity contribution in [2.24, 2.45) is 17.8 Å². The van der Waals surface area contributed by atoms with E-state index in [0.29, 0.717) is 17.9 Å². The van der Waals surface area contributed by atoms with Crippen LogP contribution in [-0.4, -0.2) is 23.9 Å². The van der Waals surface area contributed by atoms with Gasteiger partial charge in [0, 0.05) is 24.3 Å². The molecule has 5 atom stereocenters. The summed E-state index contributed by atoms with van der Waals surface area (Å²) >= 11 is 0. The molecule has 6 rings (SSSR count). The zero-order chi connectivity index (χ0) is 19.4. The molecule has 1 saturated heterocycles. The van der Waals surface area contributed by atoms with E-state index in [1.54, 1.807) is 0 Å². The zero-order valence-corrected chi connectivity index (χ0v) is 17.0. The number of likely N-dealkylation sites (tertiary alicyclic amines) is 1. The number of carbonyl (C=O) groups excluding carboxylic acids is 1. The molecule has 0 unspecified atom stereocenters. The van der Waals surface area contributed by atoms with Crippen LogP contribution in [0.2, 0.25) is 0 Å². The fraction of sp³-hybridized carbons (Fsp3) is 0.500. The summed E-state index contributed by atoms with van der Waals surface area (Å²) in [6, 6.07) is 17.9. The monoisotopic (exact) mass is 386 g/mol. The van der Waals surface area contributed by atoms with Gasteiger partial charge in [-0.1, -0.05) is 30.3 Å². The van der Waals surface area contributed by atoms with Gasteiger partial charge in [-0.25, -0.2) is 0 Å². The first kappa shape index (κ1) is 17.6. The summed E-state index contributed by atoms with van der Waals surface area (Å²) in [5.74, 6) is 3.10. The highest BCUT2D eigenvalue weighted by atomic mass is 16.2. The first-order valence-electron chi connectivity index (χ1n) is 11.5. The van der Waals surface area contributed by atoms with E-state index in [1.807, 2.05) is 0 Å². The lowest BCUT2D eigenvalue weighted by Gasteiger charge is -2.43. The molecule has 0 spiro atoms. The highest BCUT2D eigenvalue weighted by Gasteiger charge is 2.53. The van der Waals surface area contributed by atoms with Gasteiger partial charge in [0.05, 0.1) is 6.04 Å². The molecule has 2 heterocycles. The molecule has 1 N–H and O–H groups in total. The van der Waals surface area contributed by atoms with Crippen LogP contribution in [-0.2, 0) is 0 Å². The molecule has 3 fully saturated rings. The predicted molar refractivity (Wildman–Crippen MR) is 116 cm³/mol. The quantitative estimate of drug-likeness (QED) is 0.728. The lowest BCUT2D eigenvalue weighted by atomic mass is 9.68. The maximum atomic E-state index is 13.1. The first-order chi connectivity index (χ1) is 14.3. The lowest BCUT2D eigenvalue weighted by molar-refractivity contribution is 0.0724. The molecule has 2 saturated carbocycles. The highest BCUT2D eigenvalue weighted by molar-refractivity contribution is 5.95. The van der Waals surface area contributed by atoms with E-state index >= 15 is 0 Å². The summed E-state index contributed by atoms with van der Waals surface area (Å²) in [4.78, 5) is 15.2. The second-order valence-electron chi connectivity index (χ2n) is 9.62. The van der Waals surface area contributed by atoms with Gasteiger partial charge in [-0.3, -0.25) is 4.79 Å². The number of fused-ring (bicyclic) bond motifs is 7. The maximum absolute atomic E-state index is 13.1. The topological polar surface area (TPSA) is 32.3 Å². The summed E-state index contributed by atoms with van der Waals surface area (Å²) in [6.45, 7) is 1.84. The molecular weight excluding hydrogens is 356 g/mol. The van der Waals surface area contributed by atoms with Crippen molar-refractivity contribution in [2.45, 2.75) is 50.5 Å². The molecule has 2 aliphatic heterocycles. The number of nitrogens with zero attached hydrogens (tertiary/aromatic N) is 1. The van der Waals surface area contributed by atoms with Crippen LogP contribution >= 0.6 is 0 Å². The molecule has 2 aromatic carbocycles. The number of hydrogen-bond acceptors (Lipinski definition) is 2. The van der Waals surface area contributed by atoms with Crippen molar-refractivity contribution < 1.29 is 4.79 Å². The minimum atomic E-state index is 0.234. The van der Waals surface area contributed by atoms with Crippen LogP contribution in [0.25, 0.3) is 0 Å². The number of hydrogen-bond donors (Lipinski definition) is 1. The van der Waals surface area contributed by atoms with Gasteiger partial charge in [0.25, 0.3) is 5.91 Å². The van der Waals surface area contributed by atoms with Crippen LogP contribution in [0.3, 0.4) is 0 Å². The molecule has 0 aromatic heterocycles. The van der Waals surface area contributed by atoms with Gasteiger partial charge in [0.1, 0.15) is 0 Å². The lowest BCUT2D eigenvalue weighted by Crippen LogP contribution is -2.37. The molecule has 2 aromatic rings. The Kier molecular flexibility index (Phi) is 4.18. The van der Waals surface area contributed by atoms with E-state index in [1.165, 1.54) is 42.5 Å². The van der Waals surface area contributed by atoms with Crippen LogP contribution in [0.4, 0.5) is 5.69 Å². The standard InChI is InChI=1S/C26H30N2O/c29-26(28-13-5-2-6-14-28)20-11-12-22-21(16-20)23-18-9-10-19(15-18)24(23)25(27-22)17-7-3-1-4-8-17/h1,3-4,7-8,11-12,16,18-19,23-25,27H,2,5-6,9-10,13-15H2/t18-,19-,23-,24-,25+/m0/s1. The highest BCUT2D eigenvalue weighted by Crippen LogP contribution is 2.63. The van der Waals surface area contributed by atoms with Crippen LogP contribution in [0.1, 0.15) is 72.0 Å². The third kappa shape index (κ3) is 2.81. The Labute approximate surface area is 173 Å². The maximum Gasteiger partial charge on any atom is 0.253 e. The summed E-state index contributed by atoms with van der Waals surface area (Å²) in [5.41, 5.74) is 4.97. The Morgan fingerprint density at radius 3 is 2.55 bits per heavy atom. The smallest absolute Gasteiger partial charge is 0.253 e. The van der Waals surface area contributed by atoms with E-state index in [0.717, 1.165) is 43.3 Å². The molecule has 3 nitrogen and oxygen atoms in total. The Balaban J connectivity index is 1.38. The van der Waals surface area contributed by atoms with Crippen molar-refractivity contribution in [3.05, 3.63) is 65.2 Å². The number of amides is 1. The molecule has 2 aliphatic carbocycles. The fourth-order valence-electron chi connectivity index (χ4n) is 6.89. The van der Waals surface area contributed by atoms with Gasteiger partial charge in [-0.15, -0.1) is 0 Å². The van der Waals surface area contributed by atoms with Gasteiger partial charge in [0.2, 0.25) is 0 Å². The van der Waals surface area contributed by atoms with E-state index < -0.39 is 0 Å². The second-order valence-corrected chi connectivity index (χ2v) is 9.62. The molecule has 1 amide bonds. The van der Waals surface area contributed by atoms with E-state index in [2.05, 4.69) is 58.7 Å². The third-order valence-electron chi connectivity index (χ3n) is 8.14. The summed E-state index contributed by atoms with van der Waals surface area (Å²) in [7, 11) is 0. The summed E-state index contributed by atoms with van der Waals surface area (Å²) in [6.07, 6.45) is 7.64. The van der Waals surface area contributed by atoms with Crippen LogP contribution in [0.5, 0.6) is 0 Å².